The van der Waals surface area contributed by atoms with Crippen molar-refractivity contribution in [2.24, 2.45) is 29.1 Å². The molecule has 0 aromatic rings. The monoisotopic (exact) mass is 320 g/mol. The molecule has 3 aliphatic carbocycles. The van der Waals surface area contributed by atoms with E-state index in [9.17, 15) is 15.0 Å². The molecular formula is C20H32O3. The second-order valence-electron chi connectivity index (χ2n) is 8.39. The summed E-state index contributed by atoms with van der Waals surface area (Å²) in [5.41, 5.74) is -0.218. The largest absolute Gasteiger partial charge is 0.393 e. The zero-order valence-corrected chi connectivity index (χ0v) is 14.6. The fourth-order valence-corrected chi connectivity index (χ4v) is 5.48. The Kier molecular flexibility index (Phi) is 4.98. The first-order valence-electron chi connectivity index (χ1n) is 9.54. The maximum absolute atomic E-state index is 12.3. The van der Waals surface area contributed by atoms with Crippen LogP contribution in [0.25, 0.3) is 0 Å². The van der Waals surface area contributed by atoms with Gasteiger partial charge in [0.15, 0.2) is 0 Å². The fraction of sp³-hybridized carbons (Fsp3) is 0.850. The molecule has 0 radical (unpaired) electrons. The highest BCUT2D eigenvalue weighted by molar-refractivity contribution is 5.92. The van der Waals surface area contributed by atoms with Crippen LogP contribution in [-0.2, 0) is 4.79 Å². The van der Waals surface area contributed by atoms with E-state index in [1.165, 1.54) is 19.3 Å². The number of carbonyl (C=O) groups is 1. The maximum atomic E-state index is 12.3. The minimum atomic E-state index is -0.395. The number of rotatable bonds is 4. The number of hydrogen-bond acceptors (Lipinski definition) is 3. The van der Waals surface area contributed by atoms with E-state index in [2.05, 4.69) is 13.8 Å². The van der Waals surface area contributed by atoms with E-state index >= 15 is 0 Å². The molecule has 0 aromatic heterocycles. The molecule has 2 N–H and O–H groups in total. The van der Waals surface area contributed by atoms with Crippen molar-refractivity contribution in [3.05, 3.63) is 12.2 Å². The Morgan fingerprint density at radius 2 is 1.87 bits per heavy atom. The molecule has 0 spiro atoms. The van der Waals surface area contributed by atoms with Gasteiger partial charge < -0.3 is 10.2 Å². The van der Waals surface area contributed by atoms with E-state index in [0.29, 0.717) is 30.5 Å². The number of Topliss-reactive ketones (excluding diaryl/α,β-unsaturated/α-hetero) is 1. The summed E-state index contributed by atoms with van der Waals surface area (Å²) in [6, 6.07) is 0. The van der Waals surface area contributed by atoms with E-state index in [4.69, 9.17) is 0 Å². The predicted octanol–water partition coefficient (Wildman–Crippen LogP) is 3.49. The molecule has 130 valence electrons. The van der Waals surface area contributed by atoms with Crippen molar-refractivity contribution in [2.75, 3.05) is 0 Å². The van der Waals surface area contributed by atoms with Gasteiger partial charge in [0.1, 0.15) is 5.78 Å². The molecule has 0 aromatic carbocycles. The molecule has 0 heterocycles. The minimum Gasteiger partial charge on any atom is -0.393 e. The van der Waals surface area contributed by atoms with E-state index in [0.717, 1.165) is 19.3 Å². The molecule has 23 heavy (non-hydrogen) atoms. The normalized spacial score (nSPS) is 40.2. The number of hydrogen-bond donors (Lipinski definition) is 2. The van der Waals surface area contributed by atoms with Crippen LogP contribution in [0.4, 0.5) is 0 Å². The van der Waals surface area contributed by atoms with Gasteiger partial charge in [0, 0.05) is 17.8 Å². The Morgan fingerprint density at radius 3 is 2.48 bits per heavy atom. The molecular weight excluding hydrogens is 288 g/mol. The number of fused-ring (bicyclic) bond motifs is 1. The maximum Gasteiger partial charge on any atom is 0.139 e. The van der Waals surface area contributed by atoms with Crippen LogP contribution in [0, 0.1) is 29.1 Å². The summed E-state index contributed by atoms with van der Waals surface area (Å²) < 4.78 is 0. The van der Waals surface area contributed by atoms with E-state index in [1.54, 1.807) is 0 Å². The molecule has 3 saturated carbocycles. The van der Waals surface area contributed by atoms with Gasteiger partial charge in [-0.05, 0) is 43.4 Å². The SMILES string of the molecule is CC(C)[C@@]12CC[C@H](O)[C@@H](C=C[C@@H](O)C3CCCCC3)[C@@H]1CC2=O. The van der Waals surface area contributed by atoms with Gasteiger partial charge in [-0.25, -0.2) is 0 Å². The number of carbonyl (C=O) groups excluding carboxylic acids is 1. The van der Waals surface area contributed by atoms with Gasteiger partial charge in [-0.2, -0.15) is 0 Å². The third kappa shape index (κ3) is 2.91. The van der Waals surface area contributed by atoms with Crippen molar-refractivity contribution < 1.29 is 15.0 Å². The molecule has 0 saturated heterocycles. The predicted molar refractivity (Wildman–Crippen MR) is 90.8 cm³/mol. The molecule has 3 fully saturated rings. The minimum absolute atomic E-state index is 0.0297. The zero-order valence-electron chi connectivity index (χ0n) is 14.6. The van der Waals surface area contributed by atoms with Crippen LogP contribution in [-0.4, -0.2) is 28.2 Å². The van der Waals surface area contributed by atoms with Gasteiger partial charge in [0.25, 0.3) is 0 Å². The summed E-state index contributed by atoms with van der Waals surface area (Å²) in [6.45, 7) is 4.28. The first-order chi connectivity index (χ1) is 11.0. The molecule has 0 bridgehead atoms. The van der Waals surface area contributed by atoms with Gasteiger partial charge in [0.2, 0.25) is 0 Å². The van der Waals surface area contributed by atoms with Gasteiger partial charge in [-0.3, -0.25) is 4.79 Å². The molecule has 3 rings (SSSR count). The lowest BCUT2D eigenvalue weighted by Gasteiger charge is -2.57. The van der Waals surface area contributed by atoms with E-state index < -0.39 is 6.10 Å². The summed E-state index contributed by atoms with van der Waals surface area (Å²) in [7, 11) is 0. The molecule has 0 aliphatic heterocycles. The topological polar surface area (TPSA) is 57.5 Å². The van der Waals surface area contributed by atoms with Gasteiger partial charge in [-0.15, -0.1) is 0 Å². The number of ketones is 1. The standard InChI is InChI=1S/C20H32O3/c1-13(2)20-11-10-18(22)15(16(20)12-19(20)23)8-9-17(21)14-6-4-3-5-7-14/h8-9,13-18,21-22H,3-7,10-12H2,1-2H3/t15-,16-,17+,18-,20-/m0/s1. The Bertz CT molecular complexity index is 464. The highest BCUT2D eigenvalue weighted by Crippen LogP contribution is 2.59. The van der Waals surface area contributed by atoms with E-state index in [-0.39, 0.29) is 23.4 Å². The first kappa shape index (κ1) is 17.2. The highest BCUT2D eigenvalue weighted by Gasteiger charge is 2.61. The van der Waals surface area contributed by atoms with Crippen LogP contribution in [0.1, 0.15) is 65.2 Å². The van der Waals surface area contributed by atoms with Gasteiger partial charge >= 0.3 is 0 Å². The van der Waals surface area contributed by atoms with Gasteiger partial charge in [0.05, 0.1) is 12.2 Å². The molecule has 3 nitrogen and oxygen atoms in total. The number of aliphatic hydroxyl groups excluding tert-OH is 2. The van der Waals surface area contributed by atoms with Crippen LogP contribution in [0.5, 0.6) is 0 Å². The van der Waals surface area contributed by atoms with Crippen molar-refractivity contribution in [3.8, 4) is 0 Å². The second-order valence-corrected chi connectivity index (χ2v) is 8.39. The zero-order chi connectivity index (χ0) is 16.6. The fourth-order valence-electron chi connectivity index (χ4n) is 5.48. The summed E-state index contributed by atoms with van der Waals surface area (Å²) >= 11 is 0. The summed E-state index contributed by atoms with van der Waals surface area (Å²) in [5.74, 6) is 1.38. The second kappa shape index (κ2) is 6.68. The van der Waals surface area contributed by atoms with Crippen LogP contribution in [0.15, 0.2) is 12.2 Å². The Labute approximate surface area is 140 Å². The van der Waals surface area contributed by atoms with Crippen molar-refractivity contribution in [2.45, 2.75) is 77.4 Å². The summed E-state index contributed by atoms with van der Waals surface area (Å²) in [6.07, 6.45) is 11.3. The lowest BCUT2D eigenvalue weighted by molar-refractivity contribution is -0.167. The van der Waals surface area contributed by atoms with Crippen LogP contribution < -0.4 is 0 Å². The van der Waals surface area contributed by atoms with Crippen molar-refractivity contribution >= 4 is 5.78 Å². The third-order valence-electron chi connectivity index (χ3n) is 7.04. The average molecular weight is 320 g/mol. The van der Waals surface area contributed by atoms with E-state index in [1.807, 2.05) is 12.2 Å². The van der Waals surface area contributed by atoms with Gasteiger partial charge in [-0.1, -0.05) is 45.3 Å². The van der Waals surface area contributed by atoms with Crippen LogP contribution in [0.3, 0.4) is 0 Å². The highest BCUT2D eigenvalue weighted by atomic mass is 16.3. The van der Waals surface area contributed by atoms with Crippen molar-refractivity contribution in [1.82, 2.24) is 0 Å². The molecule has 0 amide bonds. The lowest BCUT2D eigenvalue weighted by atomic mass is 9.45. The Balaban J connectivity index is 1.70. The van der Waals surface area contributed by atoms with Crippen LogP contribution >= 0.6 is 0 Å². The third-order valence-corrected chi connectivity index (χ3v) is 7.04. The Morgan fingerprint density at radius 1 is 1.17 bits per heavy atom. The molecule has 3 heteroatoms. The number of aliphatic hydroxyl groups is 2. The van der Waals surface area contributed by atoms with Crippen molar-refractivity contribution in [1.29, 1.82) is 0 Å². The van der Waals surface area contributed by atoms with Crippen molar-refractivity contribution in [3.63, 3.8) is 0 Å². The average Bonchev–Trinajstić information content (AvgIpc) is 2.54. The first-order valence-corrected chi connectivity index (χ1v) is 9.54. The summed E-state index contributed by atoms with van der Waals surface area (Å²) in [5, 5.41) is 20.9. The smallest absolute Gasteiger partial charge is 0.139 e. The molecule has 0 unspecified atom stereocenters. The lowest BCUT2D eigenvalue weighted by Crippen LogP contribution is -2.60. The molecule has 5 atom stereocenters. The van der Waals surface area contributed by atoms with Crippen LogP contribution in [0.2, 0.25) is 0 Å². The quantitative estimate of drug-likeness (QED) is 0.780. The molecule has 3 aliphatic rings. The summed E-state index contributed by atoms with van der Waals surface area (Å²) in [4.78, 5) is 12.3. The Hall–Kier alpha value is -0.670.